The lowest BCUT2D eigenvalue weighted by molar-refractivity contribution is 0.433. The molecule has 1 saturated carbocycles. The van der Waals surface area contributed by atoms with Gasteiger partial charge in [-0.3, -0.25) is 4.79 Å². The summed E-state index contributed by atoms with van der Waals surface area (Å²) < 4.78 is 1.82. The summed E-state index contributed by atoms with van der Waals surface area (Å²) in [6, 6.07) is 3.90. The van der Waals surface area contributed by atoms with E-state index in [4.69, 9.17) is 5.73 Å². The van der Waals surface area contributed by atoms with Crippen LogP contribution < -0.4 is 11.3 Å². The molecule has 0 bridgehead atoms. The summed E-state index contributed by atoms with van der Waals surface area (Å²) >= 11 is 0. The van der Waals surface area contributed by atoms with Gasteiger partial charge in [0.05, 0.1) is 5.69 Å². The Morgan fingerprint density at radius 3 is 2.53 bits per heavy atom. The van der Waals surface area contributed by atoms with Crippen molar-refractivity contribution in [3.05, 3.63) is 28.7 Å². The summed E-state index contributed by atoms with van der Waals surface area (Å²) in [4.78, 5) is 11.8. The lowest BCUT2D eigenvalue weighted by Crippen LogP contribution is -2.25. The van der Waals surface area contributed by atoms with Crippen molar-refractivity contribution in [1.82, 2.24) is 4.57 Å². The highest BCUT2D eigenvalue weighted by Gasteiger charge is 2.15. The number of pyridine rings is 1. The number of anilines is 1. The Bertz CT molecular complexity index is 375. The zero-order valence-electron chi connectivity index (χ0n) is 8.98. The van der Waals surface area contributed by atoms with Crippen molar-refractivity contribution in [2.24, 2.45) is 0 Å². The molecule has 0 amide bonds. The Labute approximate surface area is 89.9 Å². The van der Waals surface area contributed by atoms with E-state index in [1.165, 1.54) is 25.7 Å². The molecule has 0 saturated heterocycles. The van der Waals surface area contributed by atoms with Crippen LogP contribution in [0.25, 0.3) is 0 Å². The van der Waals surface area contributed by atoms with Gasteiger partial charge in [0.15, 0.2) is 0 Å². The second kappa shape index (κ2) is 4.51. The van der Waals surface area contributed by atoms with Crippen LogP contribution in [0.4, 0.5) is 5.69 Å². The molecule has 0 spiro atoms. The van der Waals surface area contributed by atoms with E-state index in [0.717, 1.165) is 12.8 Å². The molecule has 0 radical (unpaired) electrons. The molecule has 82 valence electrons. The molecule has 0 aromatic carbocycles. The normalized spacial score (nSPS) is 18.7. The molecule has 0 unspecified atom stereocenters. The summed E-state index contributed by atoms with van der Waals surface area (Å²) in [6.45, 7) is 0. The van der Waals surface area contributed by atoms with E-state index in [0.29, 0.717) is 11.7 Å². The zero-order chi connectivity index (χ0) is 10.7. The fraction of sp³-hybridized carbons (Fsp3) is 0.583. The minimum atomic E-state index is -0.0237. The number of nitrogen functional groups attached to an aromatic ring is 1. The fourth-order valence-electron chi connectivity index (χ4n) is 2.35. The first-order valence-electron chi connectivity index (χ1n) is 5.75. The Hall–Kier alpha value is -1.25. The predicted molar refractivity (Wildman–Crippen MR) is 61.9 cm³/mol. The van der Waals surface area contributed by atoms with Crippen molar-refractivity contribution in [2.75, 3.05) is 5.73 Å². The van der Waals surface area contributed by atoms with E-state index in [1.54, 1.807) is 6.07 Å². The van der Waals surface area contributed by atoms with Gasteiger partial charge in [0.1, 0.15) is 0 Å². The standard InChI is InChI=1S/C12H18N2O/c13-11-8-5-9-14(12(11)15)10-6-3-1-2-4-7-10/h5,8-10H,1-4,6-7,13H2. The van der Waals surface area contributed by atoms with E-state index in [2.05, 4.69) is 0 Å². The minimum absolute atomic E-state index is 0.0237. The molecule has 3 heteroatoms. The van der Waals surface area contributed by atoms with Gasteiger partial charge in [-0.05, 0) is 25.0 Å². The molecule has 0 atom stereocenters. The highest BCUT2D eigenvalue weighted by Crippen LogP contribution is 2.25. The molecule has 1 aliphatic rings. The zero-order valence-corrected chi connectivity index (χ0v) is 8.98. The maximum atomic E-state index is 11.8. The molecule has 15 heavy (non-hydrogen) atoms. The lowest BCUT2D eigenvalue weighted by Gasteiger charge is -2.17. The number of hydrogen-bond acceptors (Lipinski definition) is 2. The minimum Gasteiger partial charge on any atom is -0.394 e. The van der Waals surface area contributed by atoms with Gasteiger partial charge in [-0.15, -0.1) is 0 Å². The van der Waals surface area contributed by atoms with E-state index in [9.17, 15) is 4.79 Å². The van der Waals surface area contributed by atoms with Crippen LogP contribution >= 0.6 is 0 Å². The second-order valence-electron chi connectivity index (χ2n) is 4.32. The molecule has 2 N–H and O–H groups in total. The van der Waals surface area contributed by atoms with Crippen molar-refractivity contribution < 1.29 is 0 Å². The monoisotopic (exact) mass is 206 g/mol. The molecule has 1 aromatic heterocycles. The number of nitrogens with two attached hydrogens (primary N) is 1. The Morgan fingerprint density at radius 2 is 1.87 bits per heavy atom. The van der Waals surface area contributed by atoms with Gasteiger partial charge in [0, 0.05) is 12.2 Å². The fourth-order valence-corrected chi connectivity index (χ4v) is 2.35. The van der Waals surface area contributed by atoms with Crippen molar-refractivity contribution in [1.29, 1.82) is 0 Å². The van der Waals surface area contributed by atoms with Crippen molar-refractivity contribution in [2.45, 2.75) is 44.6 Å². The first-order valence-corrected chi connectivity index (χ1v) is 5.75. The SMILES string of the molecule is Nc1cccn(C2CCCCCC2)c1=O. The van der Waals surface area contributed by atoms with Crippen LogP contribution in [0.3, 0.4) is 0 Å². The smallest absolute Gasteiger partial charge is 0.273 e. The van der Waals surface area contributed by atoms with Gasteiger partial charge in [-0.2, -0.15) is 0 Å². The number of aromatic nitrogens is 1. The first-order chi connectivity index (χ1) is 7.29. The number of rotatable bonds is 1. The van der Waals surface area contributed by atoms with Crippen molar-refractivity contribution in [3.63, 3.8) is 0 Å². The van der Waals surface area contributed by atoms with Gasteiger partial charge in [-0.1, -0.05) is 25.7 Å². The van der Waals surface area contributed by atoms with Crippen LogP contribution in [-0.2, 0) is 0 Å². The highest BCUT2D eigenvalue weighted by atomic mass is 16.1. The summed E-state index contributed by atoms with van der Waals surface area (Å²) in [5.74, 6) is 0. The van der Waals surface area contributed by atoms with Crippen LogP contribution in [0.1, 0.15) is 44.6 Å². The van der Waals surface area contributed by atoms with Gasteiger partial charge < -0.3 is 10.3 Å². The molecule has 3 nitrogen and oxygen atoms in total. The molecule has 1 heterocycles. The maximum absolute atomic E-state index is 11.8. The topological polar surface area (TPSA) is 48.0 Å². The van der Waals surface area contributed by atoms with Gasteiger partial charge >= 0.3 is 0 Å². The van der Waals surface area contributed by atoms with Gasteiger partial charge in [0.25, 0.3) is 5.56 Å². The summed E-state index contributed by atoms with van der Waals surface area (Å²) in [5.41, 5.74) is 5.97. The predicted octanol–water partition coefficient (Wildman–Crippen LogP) is 2.33. The molecule has 2 rings (SSSR count). The van der Waals surface area contributed by atoms with E-state index in [1.807, 2.05) is 16.8 Å². The third-order valence-corrected chi connectivity index (χ3v) is 3.22. The Morgan fingerprint density at radius 1 is 1.20 bits per heavy atom. The van der Waals surface area contributed by atoms with Crippen LogP contribution in [-0.4, -0.2) is 4.57 Å². The average molecular weight is 206 g/mol. The van der Waals surface area contributed by atoms with Crippen LogP contribution in [0, 0.1) is 0 Å². The van der Waals surface area contributed by atoms with Crippen LogP contribution in [0.15, 0.2) is 23.1 Å². The molecule has 1 aliphatic carbocycles. The van der Waals surface area contributed by atoms with Crippen molar-refractivity contribution >= 4 is 5.69 Å². The van der Waals surface area contributed by atoms with Gasteiger partial charge in [0.2, 0.25) is 0 Å². The molecule has 0 aliphatic heterocycles. The molecule has 1 aromatic rings. The molecular weight excluding hydrogens is 188 g/mol. The van der Waals surface area contributed by atoms with Gasteiger partial charge in [-0.25, -0.2) is 0 Å². The van der Waals surface area contributed by atoms with Crippen LogP contribution in [0.2, 0.25) is 0 Å². The van der Waals surface area contributed by atoms with E-state index < -0.39 is 0 Å². The largest absolute Gasteiger partial charge is 0.394 e. The van der Waals surface area contributed by atoms with E-state index in [-0.39, 0.29) is 5.56 Å². The third-order valence-electron chi connectivity index (χ3n) is 3.22. The summed E-state index contributed by atoms with van der Waals surface area (Å²) in [5, 5.41) is 0. The molecular formula is C12H18N2O. The summed E-state index contributed by atoms with van der Waals surface area (Å²) in [6.07, 6.45) is 9.15. The second-order valence-corrected chi connectivity index (χ2v) is 4.32. The summed E-state index contributed by atoms with van der Waals surface area (Å²) in [7, 11) is 0. The van der Waals surface area contributed by atoms with Crippen molar-refractivity contribution in [3.8, 4) is 0 Å². The quantitative estimate of drug-likeness (QED) is 0.717. The third kappa shape index (κ3) is 2.22. The number of nitrogens with zero attached hydrogens (tertiary/aromatic N) is 1. The Balaban J connectivity index is 2.27. The first kappa shape index (κ1) is 10.3. The Kier molecular flexibility index (Phi) is 3.09. The highest BCUT2D eigenvalue weighted by molar-refractivity contribution is 5.33. The average Bonchev–Trinajstić information content (AvgIpc) is 2.50. The van der Waals surface area contributed by atoms with E-state index >= 15 is 0 Å². The molecule has 1 fully saturated rings. The number of hydrogen-bond donors (Lipinski definition) is 1. The maximum Gasteiger partial charge on any atom is 0.273 e. The lowest BCUT2D eigenvalue weighted by atomic mass is 10.1. The van der Waals surface area contributed by atoms with Crippen LogP contribution in [0.5, 0.6) is 0 Å².